The summed E-state index contributed by atoms with van der Waals surface area (Å²) in [5.41, 5.74) is 1.35. The molecule has 2 aromatic carbocycles. The van der Waals surface area contributed by atoms with E-state index in [2.05, 4.69) is 5.32 Å². The molecule has 3 rings (SSSR count). The number of hydrogen-bond acceptors (Lipinski definition) is 6. The maximum absolute atomic E-state index is 12.0. The van der Waals surface area contributed by atoms with Gasteiger partial charge >= 0.3 is 0 Å². The fourth-order valence-corrected chi connectivity index (χ4v) is 2.30. The topological polar surface area (TPSA) is 89.8 Å². The second-order valence-corrected chi connectivity index (χ2v) is 5.23. The quantitative estimate of drug-likeness (QED) is 0.865. The van der Waals surface area contributed by atoms with Crippen molar-refractivity contribution in [1.82, 2.24) is 5.32 Å². The number of amides is 1. The van der Waals surface area contributed by atoms with Gasteiger partial charge in [0.2, 0.25) is 6.79 Å². The van der Waals surface area contributed by atoms with Crippen molar-refractivity contribution in [2.75, 3.05) is 20.5 Å². The van der Waals surface area contributed by atoms with Crippen LogP contribution in [-0.4, -0.2) is 26.4 Å². The van der Waals surface area contributed by atoms with Gasteiger partial charge in [-0.2, -0.15) is 5.26 Å². The van der Waals surface area contributed by atoms with E-state index >= 15 is 0 Å². The van der Waals surface area contributed by atoms with Crippen molar-refractivity contribution in [2.24, 2.45) is 0 Å². The van der Waals surface area contributed by atoms with Crippen LogP contribution < -0.4 is 24.3 Å². The second-order valence-electron chi connectivity index (χ2n) is 5.23. The molecule has 0 aromatic heterocycles. The molecule has 128 valence electrons. The highest BCUT2D eigenvalue weighted by Gasteiger charge is 2.14. The molecule has 1 N–H and O–H groups in total. The Balaban J connectivity index is 1.52. The van der Waals surface area contributed by atoms with E-state index in [1.54, 1.807) is 18.2 Å². The summed E-state index contributed by atoms with van der Waals surface area (Å²) in [6, 6.07) is 12.3. The monoisotopic (exact) mass is 340 g/mol. The molecule has 0 atom stereocenters. The van der Waals surface area contributed by atoms with E-state index in [0.29, 0.717) is 35.1 Å². The summed E-state index contributed by atoms with van der Waals surface area (Å²) < 4.78 is 21.2. The van der Waals surface area contributed by atoms with Crippen LogP contribution in [0.4, 0.5) is 0 Å². The minimum atomic E-state index is -0.274. The van der Waals surface area contributed by atoms with Gasteiger partial charge in [0.15, 0.2) is 29.6 Å². The number of ether oxygens (including phenoxy) is 4. The normalized spacial score (nSPS) is 11.5. The highest BCUT2D eigenvalue weighted by Crippen LogP contribution is 2.32. The molecule has 25 heavy (non-hydrogen) atoms. The number of hydrogen-bond donors (Lipinski definition) is 1. The van der Waals surface area contributed by atoms with E-state index in [-0.39, 0.29) is 19.3 Å². The van der Waals surface area contributed by atoms with E-state index in [9.17, 15) is 4.79 Å². The van der Waals surface area contributed by atoms with Crippen LogP contribution in [0.3, 0.4) is 0 Å². The standard InChI is InChI=1S/C18H16N2O5/c1-22-16-6-12(8-19)2-4-14(16)23-10-18(21)20-9-13-3-5-15-17(7-13)25-11-24-15/h2-7H,9-11H2,1H3,(H,20,21). The van der Waals surface area contributed by atoms with Crippen LogP contribution in [0.5, 0.6) is 23.0 Å². The number of fused-ring (bicyclic) bond motifs is 1. The maximum atomic E-state index is 12.0. The molecule has 0 fully saturated rings. The molecule has 0 bridgehead atoms. The average molecular weight is 340 g/mol. The summed E-state index contributed by atoms with van der Waals surface area (Å²) in [5.74, 6) is 1.91. The lowest BCUT2D eigenvalue weighted by molar-refractivity contribution is -0.123. The van der Waals surface area contributed by atoms with Gasteiger partial charge in [-0.3, -0.25) is 4.79 Å². The zero-order valence-electron chi connectivity index (χ0n) is 13.6. The molecule has 1 heterocycles. The zero-order chi connectivity index (χ0) is 17.6. The van der Waals surface area contributed by atoms with Gasteiger partial charge in [0.25, 0.3) is 5.91 Å². The highest BCUT2D eigenvalue weighted by atomic mass is 16.7. The molecule has 0 saturated heterocycles. The Kier molecular flexibility index (Phi) is 4.90. The van der Waals surface area contributed by atoms with Crippen molar-refractivity contribution >= 4 is 5.91 Å². The summed E-state index contributed by atoms with van der Waals surface area (Å²) in [6.45, 7) is 0.404. The molecule has 0 aliphatic carbocycles. The number of carbonyl (C=O) groups excluding carboxylic acids is 1. The molecular formula is C18H16N2O5. The molecule has 0 radical (unpaired) electrons. The Morgan fingerprint density at radius 2 is 2.04 bits per heavy atom. The van der Waals surface area contributed by atoms with Crippen molar-refractivity contribution < 1.29 is 23.7 Å². The lowest BCUT2D eigenvalue weighted by Crippen LogP contribution is -2.28. The van der Waals surface area contributed by atoms with E-state index in [1.165, 1.54) is 7.11 Å². The van der Waals surface area contributed by atoms with Crippen LogP contribution >= 0.6 is 0 Å². The molecule has 2 aromatic rings. The molecule has 0 unspecified atom stereocenters. The van der Waals surface area contributed by atoms with Crippen LogP contribution in [0, 0.1) is 11.3 Å². The van der Waals surface area contributed by atoms with E-state index in [4.69, 9.17) is 24.2 Å². The lowest BCUT2D eigenvalue weighted by atomic mass is 10.2. The first-order valence-corrected chi connectivity index (χ1v) is 7.56. The summed E-state index contributed by atoms with van der Waals surface area (Å²) in [4.78, 5) is 12.0. The first-order valence-electron chi connectivity index (χ1n) is 7.56. The molecular weight excluding hydrogens is 324 g/mol. The molecule has 0 spiro atoms. The predicted molar refractivity (Wildman–Crippen MR) is 87.6 cm³/mol. The second kappa shape index (κ2) is 7.45. The fraction of sp³-hybridized carbons (Fsp3) is 0.222. The summed E-state index contributed by atoms with van der Waals surface area (Å²) in [7, 11) is 1.48. The molecule has 1 amide bonds. The third-order valence-electron chi connectivity index (χ3n) is 3.58. The van der Waals surface area contributed by atoms with E-state index < -0.39 is 0 Å². The SMILES string of the molecule is COc1cc(C#N)ccc1OCC(=O)NCc1ccc2c(c1)OCO2. The van der Waals surface area contributed by atoms with Crippen molar-refractivity contribution in [3.63, 3.8) is 0 Å². The van der Waals surface area contributed by atoms with Crippen molar-refractivity contribution in [3.8, 4) is 29.1 Å². The third-order valence-corrected chi connectivity index (χ3v) is 3.58. The van der Waals surface area contributed by atoms with Crippen LogP contribution in [0.25, 0.3) is 0 Å². The molecule has 7 nitrogen and oxygen atoms in total. The van der Waals surface area contributed by atoms with Crippen molar-refractivity contribution in [3.05, 3.63) is 47.5 Å². The number of nitrogens with one attached hydrogen (secondary N) is 1. The van der Waals surface area contributed by atoms with Crippen LogP contribution in [0.1, 0.15) is 11.1 Å². The van der Waals surface area contributed by atoms with Gasteiger partial charge in [-0.25, -0.2) is 0 Å². The molecule has 1 aliphatic heterocycles. The number of carbonyl (C=O) groups is 1. The number of benzene rings is 2. The van der Waals surface area contributed by atoms with Crippen LogP contribution in [-0.2, 0) is 11.3 Å². The Labute approximate surface area is 144 Å². The smallest absolute Gasteiger partial charge is 0.258 e. The number of methoxy groups -OCH3 is 1. The summed E-state index contributed by atoms with van der Waals surface area (Å²) in [6.07, 6.45) is 0. The van der Waals surface area contributed by atoms with E-state index in [1.807, 2.05) is 24.3 Å². The first-order chi connectivity index (χ1) is 12.2. The van der Waals surface area contributed by atoms with Gasteiger partial charge < -0.3 is 24.3 Å². The largest absolute Gasteiger partial charge is 0.493 e. The summed E-state index contributed by atoms with van der Waals surface area (Å²) >= 11 is 0. The minimum absolute atomic E-state index is 0.160. The Hall–Kier alpha value is -3.40. The Morgan fingerprint density at radius 3 is 2.84 bits per heavy atom. The predicted octanol–water partition coefficient (Wildman–Crippen LogP) is 1.99. The molecule has 0 saturated carbocycles. The van der Waals surface area contributed by atoms with Crippen LogP contribution in [0.2, 0.25) is 0 Å². The maximum Gasteiger partial charge on any atom is 0.258 e. The van der Waals surface area contributed by atoms with E-state index in [0.717, 1.165) is 5.56 Å². The van der Waals surface area contributed by atoms with Crippen molar-refractivity contribution in [2.45, 2.75) is 6.54 Å². The summed E-state index contributed by atoms with van der Waals surface area (Å²) in [5, 5.41) is 11.6. The number of nitriles is 1. The number of rotatable bonds is 6. The van der Waals surface area contributed by atoms with Gasteiger partial charge in [0, 0.05) is 12.6 Å². The van der Waals surface area contributed by atoms with Gasteiger partial charge in [-0.05, 0) is 29.8 Å². The minimum Gasteiger partial charge on any atom is -0.493 e. The molecule has 1 aliphatic rings. The zero-order valence-corrected chi connectivity index (χ0v) is 13.6. The Morgan fingerprint density at radius 1 is 1.20 bits per heavy atom. The molecule has 7 heteroatoms. The number of nitrogens with zero attached hydrogens (tertiary/aromatic N) is 1. The Bertz CT molecular complexity index is 829. The van der Waals surface area contributed by atoms with Gasteiger partial charge in [0.1, 0.15) is 0 Å². The van der Waals surface area contributed by atoms with Gasteiger partial charge in [0.05, 0.1) is 18.7 Å². The lowest BCUT2D eigenvalue weighted by Gasteiger charge is -2.11. The van der Waals surface area contributed by atoms with Crippen molar-refractivity contribution in [1.29, 1.82) is 5.26 Å². The highest BCUT2D eigenvalue weighted by molar-refractivity contribution is 5.77. The average Bonchev–Trinajstić information content (AvgIpc) is 3.12. The third kappa shape index (κ3) is 3.93. The fourth-order valence-electron chi connectivity index (χ4n) is 2.30. The first kappa shape index (κ1) is 16.5. The van der Waals surface area contributed by atoms with Crippen LogP contribution in [0.15, 0.2) is 36.4 Å². The van der Waals surface area contributed by atoms with Gasteiger partial charge in [-0.15, -0.1) is 0 Å². The van der Waals surface area contributed by atoms with Gasteiger partial charge in [-0.1, -0.05) is 6.07 Å².